The Hall–Kier alpha value is -2.02. The van der Waals surface area contributed by atoms with Crippen molar-refractivity contribution in [3.05, 3.63) is 40.9 Å². The number of alkyl halides is 2. The quantitative estimate of drug-likeness (QED) is 0.675. The van der Waals surface area contributed by atoms with Gasteiger partial charge in [-0.2, -0.15) is 13.9 Å². The van der Waals surface area contributed by atoms with Crippen molar-refractivity contribution >= 4 is 22.7 Å². The van der Waals surface area contributed by atoms with E-state index in [1.54, 1.807) is 12.1 Å². The lowest BCUT2D eigenvalue weighted by molar-refractivity contribution is -0.0498. The molecule has 19 heavy (non-hydrogen) atoms. The zero-order valence-electron chi connectivity index (χ0n) is 10.0. The largest absolute Gasteiger partial charge is 0.435 e. The molecule has 0 aliphatic heterocycles. The van der Waals surface area contributed by atoms with Crippen molar-refractivity contribution in [3.8, 4) is 5.75 Å². The highest BCUT2D eigenvalue weighted by Gasteiger charge is 2.03. The standard InChI is InChI=1S/C12H11F2N3OS/c1-8-7-19-12(16-8)17-15-6-9-3-2-4-10(5-9)18-11(13)14/h2-7,11H,1H3,(H,16,17). The van der Waals surface area contributed by atoms with Gasteiger partial charge in [-0.25, -0.2) is 4.98 Å². The Labute approximate surface area is 112 Å². The summed E-state index contributed by atoms with van der Waals surface area (Å²) >= 11 is 1.44. The molecule has 0 radical (unpaired) electrons. The second kappa shape index (κ2) is 6.24. The predicted molar refractivity (Wildman–Crippen MR) is 71.1 cm³/mol. The van der Waals surface area contributed by atoms with Crippen LogP contribution in [0.4, 0.5) is 13.9 Å². The number of thiazole rings is 1. The van der Waals surface area contributed by atoms with Crippen molar-refractivity contribution in [2.75, 3.05) is 5.43 Å². The van der Waals surface area contributed by atoms with E-state index in [0.29, 0.717) is 10.7 Å². The Morgan fingerprint density at radius 1 is 1.47 bits per heavy atom. The van der Waals surface area contributed by atoms with E-state index in [0.717, 1.165) is 5.69 Å². The molecular formula is C12H11F2N3OS. The molecule has 0 unspecified atom stereocenters. The molecule has 7 heteroatoms. The fourth-order valence-corrected chi connectivity index (χ4v) is 1.98. The van der Waals surface area contributed by atoms with Gasteiger partial charge in [-0.15, -0.1) is 11.3 Å². The van der Waals surface area contributed by atoms with Crippen LogP contribution in [0.1, 0.15) is 11.3 Å². The van der Waals surface area contributed by atoms with Crippen molar-refractivity contribution < 1.29 is 13.5 Å². The van der Waals surface area contributed by atoms with E-state index in [4.69, 9.17) is 0 Å². The Kier molecular flexibility index (Phi) is 4.40. The third-order valence-corrected chi connectivity index (χ3v) is 2.94. The number of nitrogens with zero attached hydrogens (tertiary/aromatic N) is 2. The number of hydrogen-bond acceptors (Lipinski definition) is 5. The van der Waals surface area contributed by atoms with Crippen LogP contribution in [0.5, 0.6) is 5.75 Å². The van der Waals surface area contributed by atoms with Crippen LogP contribution in [0.25, 0.3) is 0 Å². The fourth-order valence-electron chi connectivity index (χ4n) is 1.34. The lowest BCUT2D eigenvalue weighted by Gasteiger charge is -2.04. The van der Waals surface area contributed by atoms with E-state index in [-0.39, 0.29) is 5.75 Å². The number of nitrogens with one attached hydrogen (secondary N) is 1. The number of aromatic nitrogens is 1. The summed E-state index contributed by atoms with van der Waals surface area (Å²) in [5, 5.41) is 6.55. The number of aryl methyl sites for hydroxylation is 1. The highest BCUT2D eigenvalue weighted by molar-refractivity contribution is 7.13. The van der Waals surface area contributed by atoms with Crippen LogP contribution in [0.2, 0.25) is 0 Å². The highest BCUT2D eigenvalue weighted by atomic mass is 32.1. The van der Waals surface area contributed by atoms with Crippen LogP contribution in [0.15, 0.2) is 34.7 Å². The van der Waals surface area contributed by atoms with Crippen LogP contribution in [-0.2, 0) is 0 Å². The van der Waals surface area contributed by atoms with Gasteiger partial charge in [0.05, 0.1) is 11.9 Å². The first-order valence-electron chi connectivity index (χ1n) is 5.39. The minimum atomic E-state index is -2.83. The second-order valence-electron chi connectivity index (χ2n) is 3.62. The number of hydrazone groups is 1. The van der Waals surface area contributed by atoms with Gasteiger partial charge in [-0.1, -0.05) is 12.1 Å². The van der Waals surface area contributed by atoms with E-state index in [1.807, 2.05) is 12.3 Å². The van der Waals surface area contributed by atoms with Gasteiger partial charge >= 0.3 is 6.61 Å². The fraction of sp³-hybridized carbons (Fsp3) is 0.167. The van der Waals surface area contributed by atoms with Gasteiger partial charge in [0.15, 0.2) is 0 Å². The third kappa shape index (κ3) is 4.29. The van der Waals surface area contributed by atoms with E-state index in [9.17, 15) is 8.78 Å². The number of hydrogen-bond donors (Lipinski definition) is 1. The van der Waals surface area contributed by atoms with Crippen molar-refractivity contribution in [3.63, 3.8) is 0 Å². The lowest BCUT2D eigenvalue weighted by Crippen LogP contribution is -2.02. The normalized spacial score (nSPS) is 11.2. The first kappa shape index (κ1) is 13.4. The van der Waals surface area contributed by atoms with E-state index < -0.39 is 6.61 Å². The Balaban J connectivity index is 1.98. The van der Waals surface area contributed by atoms with Crippen LogP contribution < -0.4 is 10.2 Å². The molecule has 1 N–H and O–H groups in total. The summed E-state index contributed by atoms with van der Waals surface area (Å²) in [5.74, 6) is 0.101. The summed E-state index contributed by atoms with van der Waals surface area (Å²) in [4.78, 5) is 4.17. The Bertz CT molecular complexity index is 572. The molecule has 0 amide bonds. The van der Waals surface area contributed by atoms with Gasteiger partial charge in [0.1, 0.15) is 5.75 Å². The molecule has 0 fully saturated rings. The molecule has 2 rings (SSSR count). The molecule has 1 aromatic carbocycles. The first-order chi connectivity index (χ1) is 9.13. The number of ether oxygens (including phenoxy) is 1. The van der Waals surface area contributed by atoms with Crippen LogP contribution in [0, 0.1) is 6.92 Å². The maximum absolute atomic E-state index is 12.1. The molecule has 0 saturated carbocycles. The summed E-state index contributed by atoms with van der Waals surface area (Å²) in [6, 6.07) is 6.29. The maximum Gasteiger partial charge on any atom is 0.387 e. The summed E-state index contributed by atoms with van der Waals surface area (Å²) in [6.07, 6.45) is 1.51. The average molecular weight is 283 g/mol. The molecule has 0 saturated heterocycles. The van der Waals surface area contributed by atoms with Crippen molar-refractivity contribution in [1.82, 2.24) is 4.98 Å². The smallest absolute Gasteiger partial charge is 0.387 e. The number of anilines is 1. The predicted octanol–water partition coefficient (Wildman–Crippen LogP) is 3.50. The molecule has 1 aromatic heterocycles. The monoisotopic (exact) mass is 283 g/mol. The molecule has 0 spiro atoms. The summed E-state index contributed by atoms with van der Waals surface area (Å²) < 4.78 is 28.4. The minimum absolute atomic E-state index is 0.101. The summed E-state index contributed by atoms with van der Waals surface area (Å²) in [5.41, 5.74) is 4.33. The van der Waals surface area contributed by atoms with Crippen LogP contribution in [-0.4, -0.2) is 17.8 Å². The summed E-state index contributed by atoms with van der Waals surface area (Å²) in [7, 11) is 0. The van der Waals surface area contributed by atoms with E-state index in [1.165, 1.54) is 29.7 Å². The SMILES string of the molecule is Cc1csc(NN=Cc2cccc(OC(F)F)c2)n1. The van der Waals surface area contributed by atoms with Gasteiger partial charge in [0, 0.05) is 5.38 Å². The van der Waals surface area contributed by atoms with Crippen molar-refractivity contribution in [1.29, 1.82) is 0 Å². The van der Waals surface area contributed by atoms with Gasteiger partial charge in [-0.05, 0) is 24.6 Å². The van der Waals surface area contributed by atoms with E-state index >= 15 is 0 Å². The molecule has 0 aliphatic rings. The van der Waals surface area contributed by atoms with Crippen molar-refractivity contribution in [2.24, 2.45) is 5.10 Å². The maximum atomic E-state index is 12.1. The van der Waals surface area contributed by atoms with Gasteiger partial charge in [0.25, 0.3) is 0 Å². The molecule has 100 valence electrons. The summed E-state index contributed by atoms with van der Waals surface area (Å²) in [6.45, 7) is -0.945. The topological polar surface area (TPSA) is 46.5 Å². The Morgan fingerprint density at radius 3 is 3.00 bits per heavy atom. The second-order valence-corrected chi connectivity index (χ2v) is 4.47. The van der Waals surface area contributed by atoms with Gasteiger partial charge in [-0.3, -0.25) is 5.43 Å². The number of halogens is 2. The lowest BCUT2D eigenvalue weighted by atomic mass is 10.2. The minimum Gasteiger partial charge on any atom is -0.435 e. The van der Waals surface area contributed by atoms with Crippen molar-refractivity contribution in [2.45, 2.75) is 13.5 Å². The molecule has 2 aromatic rings. The highest BCUT2D eigenvalue weighted by Crippen LogP contribution is 2.16. The molecule has 0 aliphatic carbocycles. The zero-order chi connectivity index (χ0) is 13.7. The van der Waals surface area contributed by atoms with E-state index in [2.05, 4.69) is 20.2 Å². The Morgan fingerprint density at radius 2 is 2.32 bits per heavy atom. The third-order valence-electron chi connectivity index (χ3n) is 2.08. The first-order valence-corrected chi connectivity index (χ1v) is 6.27. The number of benzene rings is 1. The van der Waals surface area contributed by atoms with Crippen LogP contribution >= 0.6 is 11.3 Å². The van der Waals surface area contributed by atoms with Crippen LogP contribution in [0.3, 0.4) is 0 Å². The molecular weight excluding hydrogens is 272 g/mol. The van der Waals surface area contributed by atoms with Gasteiger partial charge < -0.3 is 4.74 Å². The molecule has 1 heterocycles. The molecule has 4 nitrogen and oxygen atoms in total. The molecule has 0 bridgehead atoms. The average Bonchev–Trinajstić information content (AvgIpc) is 2.75. The molecule has 0 atom stereocenters. The van der Waals surface area contributed by atoms with Gasteiger partial charge in [0.2, 0.25) is 5.13 Å². The number of rotatable bonds is 5. The zero-order valence-corrected chi connectivity index (χ0v) is 10.8.